The number of phenolic OH excluding ortho intramolecular Hbond substituents is 3. The van der Waals surface area contributed by atoms with Crippen molar-refractivity contribution < 1.29 is 15.3 Å². The highest BCUT2D eigenvalue weighted by atomic mass is 16.3. The summed E-state index contributed by atoms with van der Waals surface area (Å²) in [6.07, 6.45) is 0.891. The zero-order chi connectivity index (χ0) is 10.3. The molecule has 5 N–H and O–H groups in total. The zero-order valence-corrected chi connectivity index (χ0v) is 7.64. The molecule has 2 rings (SSSR count). The van der Waals surface area contributed by atoms with Crippen molar-refractivity contribution in [2.45, 2.75) is 12.3 Å². The predicted molar refractivity (Wildman–Crippen MR) is 51.3 cm³/mol. The van der Waals surface area contributed by atoms with Crippen molar-refractivity contribution in [3.63, 3.8) is 0 Å². The molecule has 1 aromatic carbocycles. The van der Waals surface area contributed by atoms with E-state index in [4.69, 9.17) is 10.8 Å². The second-order valence-electron chi connectivity index (χ2n) is 3.74. The van der Waals surface area contributed by atoms with Gasteiger partial charge in [-0.2, -0.15) is 0 Å². The van der Waals surface area contributed by atoms with Gasteiger partial charge in [0, 0.05) is 17.7 Å². The third-order valence-electron chi connectivity index (χ3n) is 2.72. The predicted octanol–water partition coefficient (Wildman–Crippen LogP) is 0.866. The molecule has 1 aliphatic rings. The maximum Gasteiger partial charge on any atom is 0.126 e. The lowest BCUT2D eigenvalue weighted by atomic mass is 10.1. The average Bonchev–Trinajstić information content (AvgIpc) is 2.81. The monoisotopic (exact) mass is 195 g/mol. The van der Waals surface area contributed by atoms with Gasteiger partial charge in [-0.3, -0.25) is 0 Å². The number of nitrogens with two attached hydrogens (primary N) is 1. The summed E-state index contributed by atoms with van der Waals surface area (Å²) in [6, 6.07) is 2.47. The first-order chi connectivity index (χ1) is 6.63. The van der Waals surface area contributed by atoms with Crippen molar-refractivity contribution in [2.24, 2.45) is 11.7 Å². The summed E-state index contributed by atoms with van der Waals surface area (Å²) in [5.41, 5.74) is 5.99. The Morgan fingerprint density at radius 3 is 2.21 bits per heavy atom. The maximum atomic E-state index is 9.54. The quantitative estimate of drug-likeness (QED) is 0.564. The van der Waals surface area contributed by atoms with E-state index in [2.05, 4.69) is 0 Å². The van der Waals surface area contributed by atoms with Gasteiger partial charge in [-0.25, -0.2) is 0 Å². The van der Waals surface area contributed by atoms with E-state index >= 15 is 0 Å². The molecule has 14 heavy (non-hydrogen) atoms. The number of phenols is 3. The van der Waals surface area contributed by atoms with Crippen LogP contribution in [0.1, 0.15) is 17.9 Å². The van der Waals surface area contributed by atoms with Gasteiger partial charge in [-0.05, 0) is 24.8 Å². The van der Waals surface area contributed by atoms with Gasteiger partial charge in [0.25, 0.3) is 0 Å². The van der Waals surface area contributed by atoms with Gasteiger partial charge in [-0.1, -0.05) is 0 Å². The van der Waals surface area contributed by atoms with Gasteiger partial charge in [0.05, 0.1) is 0 Å². The molecule has 0 heterocycles. The summed E-state index contributed by atoms with van der Waals surface area (Å²) in [7, 11) is 0. The van der Waals surface area contributed by atoms with E-state index in [1.807, 2.05) is 0 Å². The van der Waals surface area contributed by atoms with Gasteiger partial charge in [0.1, 0.15) is 17.2 Å². The summed E-state index contributed by atoms with van der Waals surface area (Å²) in [6.45, 7) is 0.560. The van der Waals surface area contributed by atoms with Crippen LogP contribution in [-0.2, 0) is 0 Å². The molecule has 0 radical (unpaired) electrons. The molecule has 0 spiro atoms. The first-order valence-corrected chi connectivity index (χ1v) is 4.58. The topological polar surface area (TPSA) is 86.7 Å². The largest absolute Gasteiger partial charge is 0.508 e. The Hall–Kier alpha value is -1.42. The molecule has 76 valence electrons. The van der Waals surface area contributed by atoms with Crippen LogP contribution in [0.15, 0.2) is 12.1 Å². The summed E-state index contributed by atoms with van der Waals surface area (Å²) in [4.78, 5) is 0. The van der Waals surface area contributed by atoms with E-state index in [0.29, 0.717) is 18.0 Å². The highest BCUT2D eigenvalue weighted by Gasteiger charge is 2.40. The number of hydrogen-bond acceptors (Lipinski definition) is 4. The average molecular weight is 195 g/mol. The minimum Gasteiger partial charge on any atom is -0.508 e. The van der Waals surface area contributed by atoms with Crippen LogP contribution in [-0.4, -0.2) is 21.9 Å². The third-order valence-corrected chi connectivity index (χ3v) is 2.72. The molecule has 1 aromatic rings. The van der Waals surface area contributed by atoms with Gasteiger partial charge < -0.3 is 21.1 Å². The molecular formula is C10H13NO3. The standard InChI is InChI=1S/C10H13NO3/c11-4-5-1-7(5)10-8(13)2-6(12)3-9(10)14/h2-3,5,7,12-14H,1,4,11H2. The van der Waals surface area contributed by atoms with Crippen molar-refractivity contribution >= 4 is 0 Å². The Kier molecular flexibility index (Phi) is 2.00. The van der Waals surface area contributed by atoms with Gasteiger partial charge >= 0.3 is 0 Å². The molecule has 4 nitrogen and oxygen atoms in total. The van der Waals surface area contributed by atoms with Gasteiger partial charge in [0.2, 0.25) is 0 Å². The molecule has 2 unspecified atom stereocenters. The van der Waals surface area contributed by atoms with Gasteiger partial charge in [-0.15, -0.1) is 0 Å². The van der Waals surface area contributed by atoms with E-state index in [-0.39, 0.29) is 23.2 Å². The van der Waals surface area contributed by atoms with Crippen molar-refractivity contribution in [1.29, 1.82) is 0 Å². The summed E-state index contributed by atoms with van der Waals surface area (Å²) in [5, 5.41) is 28.2. The van der Waals surface area contributed by atoms with E-state index in [1.54, 1.807) is 0 Å². The van der Waals surface area contributed by atoms with E-state index in [9.17, 15) is 10.2 Å². The van der Waals surface area contributed by atoms with Crippen molar-refractivity contribution in [1.82, 2.24) is 0 Å². The lowest BCUT2D eigenvalue weighted by Crippen LogP contribution is -2.02. The smallest absolute Gasteiger partial charge is 0.126 e. The SMILES string of the molecule is NCC1CC1c1c(O)cc(O)cc1O. The maximum absolute atomic E-state index is 9.54. The second kappa shape index (κ2) is 3.06. The van der Waals surface area contributed by atoms with E-state index in [0.717, 1.165) is 6.42 Å². The van der Waals surface area contributed by atoms with Crippen LogP contribution in [0.3, 0.4) is 0 Å². The van der Waals surface area contributed by atoms with Crippen molar-refractivity contribution in [3.8, 4) is 17.2 Å². The highest BCUT2D eigenvalue weighted by Crippen LogP contribution is 2.53. The fourth-order valence-electron chi connectivity index (χ4n) is 1.85. The Balaban J connectivity index is 2.34. The lowest BCUT2D eigenvalue weighted by Gasteiger charge is -2.07. The Morgan fingerprint density at radius 2 is 1.79 bits per heavy atom. The fourth-order valence-corrected chi connectivity index (χ4v) is 1.85. The van der Waals surface area contributed by atoms with Crippen LogP contribution in [0.5, 0.6) is 17.2 Å². The van der Waals surface area contributed by atoms with Gasteiger partial charge in [0.15, 0.2) is 0 Å². The molecule has 4 heteroatoms. The van der Waals surface area contributed by atoms with Crippen LogP contribution in [0, 0.1) is 5.92 Å². The van der Waals surface area contributed by atoms with Crippen LogP contribution >= 0.6 is 0 Å². The molecule has 0 aromatic heterocycles. The highest BCUT2D eigenvalue weighted by molar-refractivity contribution is 5.52. The summed E-state index contributed by atoms with van der Waals surface area (Å²) < 4.78 is 0. The zero-order valence-electron chi connectivity index (χ0n) is 7.64. The first kappa shape index (κ1) is 9.15. The second-order valence-corrected chi connectivity index (χ2v) is 3.74. The van der Waals surface area contributed by atoms with Crippen LogP contribution in [0.4, 0.5) is 0 Å². The van der Waals surface area contributed by atoms with Crippen LogP contribution in [0.2, 0.25) is 0 Å². The Morgan fingerprint density at radius 1 is 1.21 bits per heavy atom. The van der Waals surface area contributed by atoms with Crippen molar-refractivity contribution in [3.05, 3.63) is 17.7 Å². The molecule has 0 saturated heterocycles. The molecule has 1 fully saturated rings. The summed E-state index contributed by atoms with van der Waals surface area (Å²) >= 11 is 0. The first-order valence-electron chi connectivity index (χ1n) is 4.58. The molecule has 0 amide bonds. The van der Waals surface area contributed by atoms with E-state index < -0.39 is 0 Å². The Bertz CT molecular complexity index is 341. The third kappa shape index (κ3) is 1.37. The number of rotatable bonds is 2. The van der Waals surface area contributed by atoms with Crippen molar-refractivity contribution in [2.75, 3.05) is 6.54 Å². The van der Waals surface area contributed by atoms with Crippen LogP contribution < -0.4 is 5.73 Å². The molecular weight excluding hydrogens is 182 g/mol. The minimum absolute atomic E-state index is 0.0524. The Labute approximate surface area is 81.6 Å². The number of benzene rings is 1. The normalized spacial score (nSPS) is 24.9. The number of hydrogen-bond donors (Lipinski definition) is 4. The van der Waals surface area contributed by atoms with Crippen LogP contribution in [0.25, 0.3) is 0 Å². The summed E-state index contributed by atoms with van der Waals surface area (Å²) in [5.74, 6) is 0.248. The molecule has 2 atom stereocenters. The molecule has 0 bridgehead atoms. The minimum atomic E-state index is -0.131. The molecule has 0 aliphatic heterocycles. The number of aromatic hydroxyl groups is 3. The van der Waals surface area contributed by atoms with E-state index in [1.165, 1.54) is 12.1 Å². The molecule has 1 saturated carbocycles. The fraction of sp³-hybridized carbons (Fsp3) is 0.400. The lowest BCUT2D eigenvalue weighted by molar-refractivity contribution is 0.418. The molecule has 1 aliphatic carbocycles.